The minimum atomic E-state index is 0.548. The molecule has 0 bridgehead atoms. The minimum absolute atomic E-state index is 0.548. The predicted octanol–water partition coefficient (Wildman–Crippen LogP) is 3.12. The van der Waals surface area contributed by atoms with Gasteiger partial charge in [0.15, 0.2) is 0 Å². The first-order valence-corrected chi connectivity index (χ1v) is 6.73. The van der Waals surface area contributed by atoms with Crippen LogP contribution in [0, 0.1) is 6.92 Å². The van der Waals surface area contributed by atoms with E-state index in [-0.39, 0.29) is 0 Å². The number of aryl methyl sites for hydroxylation is 2. The number of nitrogen functional groups attached to an aromatic ring is 1. The second kappa shape index (κ2) is 4.53. The quantitative estimate of drug-likeness (QED) is 0.781. The van der Waals surface area contributed by atoms with Gasteiger partial charge in [-0.15, -0.1) is 0 Å². The van der Waals surface area contributed by atoms with E-state index < -0.39 is 0 Å². The molecule has 0 aliphatic carbocycles. The number of nitrogens with two attached hydrogens (primary N) is 1. The molecule has 4 heteroatoms. The molecule has 0 saturated carbocycles. The van der Waals surface area contributed by atoms with Crippen molar-refractivity contribution < 1.29 is 0 Å². The van der Waals surface area contributed by atoms with Crippen LogP contribution in [-0.4, -0.2) is 14.6 Å². The molecular formula is C15H18N4. The summed E-state index contributed by atoms with van der Waals surface area (Å²) >= 11 is 0. The Balaban J connectivity index is 2.26. The van der Waals surface area contributed by atoms with Crippen molar-refractivity contribution in [1.82, 2.24) is 14.6 Å². The van der Waals surface area contributed by atoms with Crippen LogP contribution in [-0.2, 0) is 6.42 Å². The highest BCUT2D eigenvalue weighted by molar-refractivity contribution is 5.83. The van der Waals surface area contributed by atoms with Gasteiger partial charge in [-0.3, -0.25) is 0 Å². The van der Waals surface area contributed by atoms with Crippen LogP contribution in [0.15, 0.2) is 24.3 Å². The number of fused-ring (bicyclic) bond motifs is 3. The summed E-state index contributed by atoms with van der Waals surface area (Å²) in [7, 11) is 0. The highest BCUT2D eigenvalue weighted by Gasteiger charge is 2.09. The minimum Gasteiger partial charge on any atom is -0.382 e. The first-order valence-electron chi connectivity index (χ1n) is 6.73. The van der Waals surface area contributed by atoms with Crippen LogP contribution in [0.4, 0.5) is 5.82 Å². The fourth-order valence-electron chi connectivity index (χ4n) is 2.36. The monoisotopic (exact) mass is 254 g/mol. The van der Waals surface area contributed by atoms with E-state index in [2.05, 4.69) is 36.1 Å². The Kier molecular flexibility index (Phi) is 2.85. The number of hydrogen-bond donors (Lipinski definition) is 1. The van der Waals surface area contributed by atoms with E-state index in [1.165, 1.54) is 12.0 Å². The number of hydrogen-bond acceptors (Lipinski definition) is 3. The third kappa shape index (κ3) is 2.03. The number of benzene rings is 1. The van der Waals surface area contributed by atoms with Crippen LogP contribution >= 0.6 is 0 Å². The number of rotatable bonds is 3. The van der Waals surface area contributed by atoms with Crippen molar-refractivity contribution in [3.8, 4) is 0 Å². The zero-order valence-corrected chi connectivity index (χ0v) is 11.3. The molecule has 98 valence electrons. The highest BCUT2D eigenvalue weighted by Crippen LogP contribution is 2.21. The number of nitrogens with zero attached hydrogens (tertiary/aromatic N) is 3. The van der Waals surface area contributed by atoms with E-state index in [9.17, 15) is 0 Å². The van der Waals surface area contributed by atoms with Crippen LogP contribution in [0.5, 0.6) is 0 Å². The summed E-state index contributed by atoms with van der Waals surface area (Å²) < 4.78 is 1.93. The number of unbranched alkanes of at least 4 members (excludes halogenated alkanes) is 1. The molecular weight excluding hydrogens is 236 g/mol. The summed E-state index contributed by atoms with van der Waals surface area (Å²) in [5, 5.41) is 4.68. The van der Waals surface area contributed by atoms with Crippen LogP contribution in [0.3, 0.4) is 0 Å². The molecule has 3 aromatic rings. The molecule has 2 N–H and O–H groups in total. The summed E-state index contributed by atoms with van der Waals surface area (Å²) in [5.74, 6) is 0.548. The van der Waals surface area contributed by atoms with Crippen molar-refractivity contribution >= 4 is 22.4 Å². The van der Waals surface area contributed by atoms with Gasteiger partial charge in [0.2, 0.25) is 0 Å². The van der Waals surface area contributed by atoms with Crippen molar-refractivity contribution in [1.29, 1.82) is 0 Å². The Morgan fingerprint density at radius 3 is 2.84 bits per heavy atom. The zero-order chi connectivity index (χ0) is 13.4. The summed E-state index contributed by atoms with van der Waals surface area (Å²) in [4.78, 5) is 4.46. The summed E-state index contributed by atoms with van der Waals surface area (Å²) in [6, 6.07) is 8.20. The predicted molar refractivity (Wildman–Crippen MR) is 78.3 cm³/mol. The summed E-state index contributed by atoms with van der Waals surface area (Å²) in [6.07, 6.45) is 3.31. The Hall–Kier alpha value is -2.10. The van der Waals surface area contributed by atoms with E-state index >= 15 is 0 Å². The Morgan fingerprint density at radius 2 is 2.05 bits per heavy atom. The molecule has 1 aromatic carbocycles. The lowest BCUT2D eigenvalue weighted by Crippen LogP contribution is -1.99. The zero-order valence-electron chi connectivity index (χ0n) is 11.3. The van der Waals surface area contributed by atoms with Gasteiger partial charge >= 0.3 is 0 Å². The summed E-state index contributed by atoms with van der Waals surface area (Å²) in [5.41, 5.74) is 11.1. The number of aromatic nitrogens is 3. The highest BCUT2D eigenvalue weighted by atomic mass is 15.2. The maximum atomic E-state index is 6.03. The topological polar surface area (TPSA) is 56.2 Å². The average Bonchev–Trinajstić information content (AvgIpc) is 2.82. The van der Waals surface area contributed by atoms with Gasteiger partial charge in [-0.2, -0.15) is 5.10 Å². The van der Waals surface area contributed by atoms with Crippen LogP contribution in [0.25, 0.3) is 16.6 Å². The molecule has 19 heavy (non-hydrogen) atoms. The first-order chi connectivity index (χ1) is 9.19. The van der Waals surface area contributed by atoms with Gasteiger partial charge in [0, 0.05) is 0 Å². The lowest BCUT2D eigenvalue weighted by Gasteiger charge is -2.04. The van der Waals surface area contributed by atoms with E-state index in [1.807, 2.05) is 16.6 Å². The van der Waals surface area contributed by atoms with Crippen molar-refractivity contribution in [2.45, 2.75) is 33.1 Å². The van der Waals surface area contributed by atoms with Gasteiger partial charge in [0.1, 0.15) is 11.3 Å². The molecule has 0 radical (unpaired) electrons. The van der Waals surface area contributed by atoms with Gasteiger partial charge in [-0.1, -0.05) is 19.4 Å². The normalized spacial score (nSPS) is 11.5. The SMILES string of the molecule is CCCCc1cc2c(N)nc3ccc(C)cc3n2n1. The Bertz CT molecular complexity index is 743. The third-order valence-corrected chi connectivity index (χ3v) is 3.41. The van der Waals surface area contributed by atoms with Crippen molar-refractivity contribution in [2.75, 3.05) is 5.73 Å². The van der Waals surface area contributed by atoms with Gasteiger partial charge in [-0.05, 0) is 43.5 Å². The van der Waals surface area contributed by atoms with Gasteiger partial charge in [-0.25, -0.2) is 9.50 Å². The molecule has 0 amide bonds. The second-order valence-corrected chi connectivity index (χ2v) is 5.03. The maximum absolute atomic E-state index is 6.03. The van der Waals surface area contributed by atoms with Crippen LogP contribution < -0.4 is 5.73 Å². The molecule has 2 heterocycles. The van der Waals surface area contributed by atoms with E-state index in [4.69, 9.17) is 5.73 Å². The molecule has 0 atom stereocenters. The van der Waals surface area contributed by atoms with Gasteiger partial charge in [0.25, 0.3) is 0 Å². The molecule has 3 rings (SSSR count). The molecule has 0 unspecified atom stereocenters. The fraction of sp³-hybridized carbons (Fsp3) is 0.333. The average molecular weight is 254 g/mol. The molecule has 0 aliphatic rings. The van der Waals surface area contributed by atoms with Crippen LogP contribution in [0.2, 0.25) is 0 Å². The molecule has 0 aliphatic heterocycles. The van der Waals surface area contributed by atoms with Crippen LogP contribution in [0.1, 0.15) is 31.0 Å². The first kappa shape index (κ1) is 12.0. The fourth-order valence-corrected chi connectivity index (χ4v) is 2.36. The largest absolute Gasteiger partial charge is 0.382 e. The molecule has 4 nitrogen and oxygen atoms in total. The maximum Gasteiger partial charge on any atom is 0.150 e. The lowest BCUT2D eigenvalue weighted by molar-refractivity contribution is 0.765. The van der Waals surface area contributed by atoms with Crippen molar-refractivity contribution in [3.05, 3.63) is 35.5 Å². The van der Waals surface area contributed by atoms with E-state index in [0.29, 0.717) is 5.82 Å². The Morgan fingerprint density at radius 1 is 1.21 bits per heavy atom. The Labute approximate surface area is 112 Å². The standard InChI is InChI=1S/C15H18N4/c1-3-4-5-11-9-14-15(16)17-12-7-6-10(2)8-13(12)19(14)18-11/h6-9H,3-5H2,1-2H3,(H2,16,17). The molecule has 0 fully saturated rings. The number of anilines is 1. The second-order valence-electron chi connectivity index (χ2n) is 5.03. The van der Waals surface area contributed by atoms with E-state index in [0.717, 1.165) is 35.1 Å². The molecule has 0 saturated heterocycles. The lowest BCUT2D eigenvalue weighted by atomic mass is 10.2. The van der Waals surface area contributed by atoms with Crippen molar-refractivity contribution in [2.24, 2.45) is 0 Å². The van der Waals surface area contributed by atoms with E-state index in [1.54, 1.807) is 0 Å². The third-order valence-electron chi connectivity index (χ3n) is 3.41. The van der Waals surface area contributed by atoms with Gasteiger partial charge in [0.05, 0.1) is 16.7 Å². The molecule has 0 spiro atoms. The van der Waals surface area contributed by atoms with Crippen molar-refractivity contribution in [3.63, 3.8) is 0 Å². The van der Waals surface area contributed by atoms with Gasteiger partial charge < -0.3 is 5.73 Å². The smallest absolute Gasteiger partial charge is 0.150 e. The molecule has 2 aromatic heterocycles. The summed E-state index contributed by atoms with van der Waals surface area (Å²) in [6.45, 7) is 4.26.